The molecule has 0 saturated heterocycles. The highest BCUT2D eigenvalue weighted by Crippen LogP contribution is 2.16. The van der Waals surface area contributed by atoms with Crippen molar-refractivity contribution in [2.24, 2.45) is 0 Å². The van der Waals surface area contributed by atoms with Gasteiger partial charge in [0.05, 0.1) is 6.54 Å². The van der Waals surface area contributed by atoms with Crippen LogP contribution in [0, 0.1) is 6.92 Å². The SMILES string of the molecule is Cc1ccccc1[C@@H](C)NCc1ncccn1. The van der Waals surface area contributed by atoms with E-state index < -0.39 is 0 Å². The minimum absolute atomic E-state index is 0.306. The monoisotopic (exact) mass is 227 g/mol. The number of hydrogen-bond acceptors (Lipinski definition) is 3. The maximum absolute atomic E-state index is 4.19. The third kappa shape index (κ3) is 3.11. The summed E-state index contributed by atoms with van der Waals surface area (Å²) in [5, 5.41) is 3.43. The third-order valence-corrected chi connectivity index (χ3v) is 2.84. The molecule has 1 N–H and O–H groups in total. The summed E-state index contributed by atoms with van der Waals surface area (Å²) < 4.78 is 0. The van der Waals surface area contributed by atoms with Crippen molar-refractivity contribution >= 4 is 0 Å². The minimum Gasteiger partial charge on any atom is -0.303 e. The Bertz CT molecular complexity index is 468. The number of nitrogens with one attached hydrogen (secondary N) is 1. The Hall–Kier alpha value is -1.74. The highest BCUT2D eigenvalue weighted by Gasteiger charge is 2.07. The summed E-state index contributed by atoms with van der Waals surface area (Å²) in [5.41, 5.74) is 2.63. The molecule has 0 spiro atoms. The van der Waals surface area contributed by atoms with E-state index >= 15 is 0 Å². The molecule has 17 heavy (non-hydrogen) atoms. The van der Waals surface area contributed by atoms with Crippen molar-refractivity contribution in [3.8, 4) is 0 Å². The van der Waals surface area contributed by atoms with Gasteiger partial charge in [0.25, 0.3) is 0 Å². The van der Waals surface area contributed by atoms with Crippen LogP contribution in [0.25, 0.3) is 0 Å². The molecule has 0 bridgehead atoms. The van der Waals surface area contributed by atoms with Crippen LogP contribution in [-0.4, -0.2) is 9.97 Å². The highest BCUT2D eigenvalue weighted by atomic mass is 15.0. The van der Waals surface area contributed by atoms with E-state index in [9.17, 15) is 0 Å². The maximum Gasteiger partial charge on any atom is 0.141 e. The predicted molar refractivity (Wildman–Crippen MR) is 68.5 cm³/mol. The van der Waals surface area contributed by atoms with Gasteiger partial charge in [-0.25, -0.2) is 9.97 Å². The van der Waals surface area contributed by atoms with E-state index in [1.165, 1.54) is 11.1 Å². The molecule has 0 aliphatic heterocycles. The van der Waals surface area contributed by atoms with Gasteiger partial charge >= 0.3 is 0 Å². The molecule has 3 heteroatoms. The number of aromatic nitrogens is 2. The molecule has 1 aromatic heterocycles. The van der Waals surface area contributed by atoms with Crippen LogP contribution in [0.1, 0.15) is 29.9 Å². The van der Waals surface area contributed by atoms with E-state index in [2.05, 4.69) is 53.4 Å². The first-order chi connectivity index (χ1) is 8.27. The van der Waals surface area contributed by atoms with E-state index in [-0.39, 0.29) is 0 Å². The van der Waals surface area contributed by atoms with Crippen molar-refractivity contribution in [3.63, 3.8) is 0 Å². The molecular weight excluding hydrogens is 210 g/mol. The molecule has 2 aromatic rings. The Labute approximate surface area is 102 Å². The van der Waals surface area contributed by atoms with Gasteiger partial charge in [0.15, 0.2) is 0 Å². The molecule has 0 saturated carbocycles. The second-order valence-electron chi connectivity index (χ2n) is 4.12. The smallest absolute Gasteiger partial charge is 0.141 e. The summed E-state index contributed by atoms with van der Waals surface area (Å²) >= 11 is 0. The van der Waals surface area contributed by atoms with Crippen molar-refractivity contribution in [1.29, 1.82) is 0 Å². The Morgan fingerprint density at radius 3 is 2.53 bits per heavy atom. The van der Waals surface area contributed by atoms with E-state index in [1.807, 2.05) is 6.07 Å². The summed E-state index contributed by atoms with van der Waals surface area (Å²) in [6.07, 6.45) is 3.53. The molecule has 0 amide bonds. The molecule has 0 fully saturated rings. The van der Waals surface area contributed by atoms with Crippen LogP contribution in [0.15, 0.2) is 42.7 Å². The number of hydrogen-bond donors (Lipinski definition) is 1. The quantitative estimate of drug-likeness (QED) is 0.872. The van der Waals surface area contributed by atoms with Crippen LogP contribution in [0.3, 0.4) is 0 Å². The number of nitrogens with zero attached hydrogens (tertiary/aromatic N) is 2. The highest BCUT2D eigenvalue weighted by molar-refractivity contribution is 5.28. The van der Waals surface area contributed by atoms with Crippen molar-refractivity contribution in [1.82, 2.24) is 15.3 Å². The summed E-state index contributed by atoms with van der Waals surface area (Å²) in [5.74, 6) is 0.827. The van der Waals surface area contributed by atoms with Crippen LogP contribution in [0.5, 0.6) is 0 Å². The van der Waals surface area contributed by atoms with E-state index in [0.717, 1.165) is 5.82 Å². The molecule has 0 aliphatic carbocycles. The van der Waals surface area contributed by atoms with Crippen LogP contribution in [0.4, 0.5) is 0 Å². The minimum atomic E-state index is 0.306. The number of aryl methyl sites for hydroxylation is 1. The normalized spacial score (nSPS) is 12.4. The second kappa shape index (κ2) is 5.55. The van der Waals surface area contributed by atoms with Gasteiger partial charge < -0.3 is 5.32 Å². The van der Waals surface area contributed by atoms with Gasteiger partial charge in [-0.2, -0.15) is 0 Å². The van der Waals surface area contributed by atoms with E-state index in [1.54, 1.807) is 12.4 Å². The molecular formula is C14H17N3. The van der Waals surface area contributed by atoms with Gasteiger partial charge in [0.1, 0.15) is 5.82 Å². The lowest BCUT2D eigenvalue weighted by atomic mass is 10.0. The molecule has 1 atom stereocenters. The molecule has 1 aromatic carbocycles. The van der Waals surface area contributed by atoms with Gasteiger partial charge in [-0.3, -0.25) is 0 Å². The summed E-state index contributed by atoms with van der Waals surface area (Å²) in [7, 11) is 0. The van der Waals surface area contributed by atoms with E-state index in [4.69, 9.17) is 0 Å². The molecule has 2 rings (SSSR count). The number of rotatable bonds is 4. The molecule has 3 nitrogen and oxygen atoms in total. The van der Waals surface area contributed by atoms with E-state index in [0.29, 0.717) is 12.6 Å². The zero-order valence-electron chi connectivity index (χ0n) is 10.2. The van der Waals surface area contributed by atoms with Gasteiger partial charge in [0.2, 0.25) is 0 Å². The first kappa shape index (κ1) is 11.7. The van der Waals surface area contributed by atoms with Gasteiger partial charge in [-0.15, -0.1) is 0 Å². The zero-order valence-corrected chi connectivity index (χ0v) is 10.2. The molecule has 0 radical (unpaired) electrons. The van der Waals surface area contributed by atoms with Crippen LogP contribution < -0.4 is 5.32 Å². The van der Waals surface area contributed by atoms with Gasteiger partial charge in [-0.1, -0.05) is 24.3 Å². The van der Waals surface area contributed by atoms with Crippen LogP contribution >= 0.6 is 0 Å². The average molecular weight is 227 g/mol. The Balaban J connectivity index is 1.99. The molecule has 0 unspecified atom stereocenters. The topological polar surface area (TPSA) is 37.8 Å². The fourth-order valence-corrected chi connectivity index (χ4v) is 1.85. The zero-order chi connectivity index (χ0) is 12.1. The summed E-state index contributed by atoms with van der Waals surface area (Å²) in [4.78, 5) is 8.39. The largest absolute Gasteiger partial charge is 0.303 e. The van der Waals surface area contributed by atoms with Crippen LogP contribution in [-0.2, 0) is 6.54 Å². The third-order valence-electron chi connectivity index (χ3n) is 2.84. The lowest BCUT2D eigenvalue weighted by Crippen LogP contribution is -2.20. The fraction of sp³-hybridized carbons (Fsp3) is 0.286. The average Bonchev–Trinajstić information content (AvgIpc) is 2.38. The molecule has 1 heterocycles. The lowest BCUT2D eigenvalue weighted by Gasteiger charge is -2.15. The summed E-state index contributed by atoms with van der Waals surface area (Å²) in [6, 6.07) is 10.5. The van der Waals surface area contributed by atoms with Gasteiger partial charge in [0, 0.05) is 18.4 Å². The van der Waals surface area contributed by atoms with Crippen molar-refractivity contribution in [3.05, 3.63) is 59.7 Å². The Kier molecular flexibility index (Phi) is 3.83. The maximum atomic E-state index is 4.19. The van der Waals surface area contributed by atoms with Crippen LogP contribution in [0.2, 0.25) is 0 Å². The van der Waals surface area contributed by atoms with Crippen molar-refractivity contribution in [2.45, 2.75) is 26.4 Å². The first-order valence-corrected chi connectivity index (χ1v) is 5.82. The second-order valence-corrected chi connectivity index (χ2v) is 4.12. The Morgan fingerprint density at radius 1 is 1.12 bits per heavy atom. The summed E-state index contributed by atoms with van der Waals surface area (Å²) in [6.45, 7) is 4.98. The molecule has 88 valence electrons. The standard InChI is InChI=1S/C14H17N3/c1-11-6-3-4-7-13(11)12(2)17-10-14-15-8-5-9-16-14/h3-9,12,17H,10H2,1-2H3/t12-/m1/s1. The Morgan fingerprint density at radius 2 is 1.82 bits per heavy atom. The predicted octanol–water partition coefficient (Wildman–Crippen LogP) is 2.64. The number of benzene rings is 1. The molecule has 0 aliphatic rings. The van der Waals surface area contributed by atoms with Gasteiger partial charge in [-0.05, 0) is 31.0 Å². The fourth-order valence-electron chi connectivity index (χ4n) is 1.85. The van der Waals surface area contributed by atoms with Crippen molar-refractivity contribution in [2.75, 3.05) is 0 Å². The lowest BCUT2D eigenvalue weighted by molar-refractivity contribution is 0.557. The first-order valence-electron chi connectivity index (χ1n) is 5.82. The van der Waals surface area contributed by atoms with Crippen molar-refractivity contribution < 1.29 is 0 Å².